The van der Waals surface area contributed by atoms with Gasteiger partial charge in [0.15, 0.2) is 5.78 Å². The summed E-state index contributed by atoms with van der Waals surface area (Å²) < 4.78 is 1.51. The Morgan fingerprint density at radius 2 is 1.81 bits per heavy atom. The van der Waals surface area contributed by atoms with Crippen molar-refractivity contribution in [1.82, 2.24) is 0 Å². The van der Waals surface area contributed by atoms with Crippen LogP contribution >= 0.6 is 31.9 Å². The van der Waals surface area contributed by atoms with Crippen LogP contribution < -0.4 is 0 Å². The molecule has 2 rings (SSSR count). The van der Waals surface area contributed by atoms with Gasteiger partial charge in [-0.2, -0.15) is 5.26 Å². The fraction of sp³-hybridized carbons (Fsp3) is 0.176. The highest BCUT2D eigenvalue weighted by molar-refractivity contribution is 9.11. The second-order valence-electron chi connectivity index (χ2n) is 4.89. The summed E-state index contributed by atoms with van der Waals surface area (Å²) in [6.45, 7) is 3.99. The number of hydrogen-bond donors (Lipinski definition) is 0. The molecule has 2 aromatic rings. The third-order valence-electron chi connectivity index (χ3n) is 3.45. The quantitative estimate of drug-likeness (QED) is 0.647. The molecule has 0 spiro atoms. The van der Waals surface area contributed by atoms with Gasteiger partial charge in [0.25, 0.3) is 0 Å². The van der Waals surface area contributed by atoms with E-state index in [1.165, 1.54) is 0 Å². The molecule has 0 radical (unpaired) electrons. The van der Waals surface area contributed by atoms with Crippen molar-refractivity contribution in [3.63, 3.8) is 0 Å². The van der Waals surface area contributed by atoms with Crippen molar-refractivity contribution in [2.45, 2.75) is 19.8 Å². The number of rotatable bonds is 3. The van der Waals surface area contributed by atoms with E-state index in [2.05, 4.69) is 37.9 Å². The second kappa shape index (κ2) is 6.55. The van der Waals surface area contributed by atoms with Crippen LogP contribution in [-0.4, -0.2) is 5.78 Å². The lowest BCUT2D eigenvalue weighted by Gasteiger charge is -2.12. The molecule has 1 atom stereocenters. The van der Waals surface area contributed by atoms with Crippen molar-refractivity contribution in [3.05, 3.63) is 67.6 Å². The average Bonchev–Trinajstić information content (AvgIpc) is 2.46. The standard InChI is InChI=1S/C17H13Br2NO/c1-10-3-4-12(7-11(10)2)15(9-20)17(21)14-8-13(18)5-6-16(14)19/h3-8,15H,1-2H3. The molecule has 0 heterocycles. The van der Waals surface area contributed by atoms with Crippen LogP contribution in [0.15, 0.2) is 45.3 Å². The molecular formula is C17H13Br2NO. The average molecular weight is 407 g/mol. The third-order valence-corrected chi connectivity index (χ3v) is 4.63. The molecule has 1 unspecified atom stereocenters. The maximum absolute atomic E-state index is 12.7. The second-order valence-corrected chi connectivity index (χ2v) is 6.66. The molecule has 0 aliphatic rings. The highest BCUT2D eigenvalue weighted by Crippen LogP contribution is 2.28. The molecule has 0 saturated carbocycles. The largest absolute Gasteiger partial charge is 0.292 e. The number of nitrogens with zero attached hydrogens (tertiary/aromatic N) is 1. The monoisotopic (exact) mass is 405 g/mol. The summed E-state index contributed by atoms with van der Waals surface area (Å²) in [5.41, 5.74) is 3.46. The highest BCUT2D eigenvalue weighted by atomic mass is 79.9. The topological polar surface area (TPSA) is 40.9 Å². The van der Waals surface area contributed by atoms with Crippen LogP contribution in [0, 0.1) is 25.2 Å². The fourth-order valence-corrected chi connectivity index (χ4v) is 2.87. The third kappa shape index (κ3) is 3.42. The SMILES string of the molecule is Cc1ccc(C(C#N)C(=O)c2cc(Br)ccc2Br)cc1C. The van der Waals surface area contributed by atoms with E-state index >= 15 is 0 Å². The molecule has 4 heteroatoms. The van der Waals surface area contributed by atoms with Gasteiger partial charge in [-0.25, -0.2) is 0 Å². The van der Waals surface area contributed by atoms with Crippen molar-refractivity contribution in [2.24, 2.45) is 0 Å². The number of hydrogen-bond acceptors (Lipinski definition) is 2. The zero-order chi connectivity index (χ0) is 15.6. The van der Waals surface area contributed by atoms with Gasteiger partial charge >= 0.3 is 0 Å². The molecular weight excluding hydrogens is 394 g/mol. The summed E-state index contributed by atoms with van der Waals surface area (Å²) in [6, 6.07) is 13.2. The zero-order valence-electron chi connectivity index (χ0n) is 11.7. The lowest BCUT2D eigenvalue weighted by atomic mass is 9.90. The van der Waals surface area contributed by atoms with Gasteiger partial charge in [0.1, 0.15) is 5.92 Å². The van der Waals surface area contributed by atoms with Crippen LogP contribution in [0.1, 0.15) is 33.0 Å². The first-order valence-corrected chi connectivity index (χ1v) is 7.98. The number of carbonyl (C=O) groups is 1. The van der Waals surface area contributed by atoms with Crippen LogP contribution in [0.3, 0.4) is 0 Å². The first kappa shape index (κ1) is 15.9. The van der Waals surface area contributed by atoms with Gasteiger partial charge in [-0.05, 0) is 48.7 Å². The molecule has 2 nitrogen and oxygen atoms in total. The minimum absolute atomic E-state index is 0.200. The Bertz CT molecular complexity index is 747. The van der Waals surface area contributed by atoms with E-state index in [1.807, 2.05) is 38.1 Å². The molecule has 0 aliphatic heterocycles. The predicted molar refractivity (Wildman–Crippen MR) is 90.4 cm³/mol. The summed E-state index contributed by atoms with van der Waals surface area (Å²) >= 11 is 6.73. The van der Waals surface area contributed by atoms with E-state index in [-0.39, 0.29) is 5.78 Å². The fourth-order valence-electron chi connectivity index (χ4n) is 2.07. The van der Waals surface area contributed by atoms with E-state index in [1.54, 1.807) is 12.1 Å². The van der Waals surface area contributed by atoms with Gasteiger partial charge in [-0.15, -0.1) is 0 Å². The van der Waals surface area contributed by atoms with Gasteiger partial charge in [0, 0.05) is 14.5 Å². The number of carbonyl (C=O) groups excluding carboxylic acids is 1. The first-order chi connectivity index (χ1) is 9.93. The van der Waals surface area contributed by atoms with Gasteiger partial charge in [-0.3, -0.25) is 4.79 Å². The van der Waals surface area contributed by atoms with Crippen molar-refractivity contribution >= 4 is 37.6 Å². The maximum atomic E-state index is 12.7. The molecule has 0 bridgehead atoms. The van der Waals surface area contributed by atoms with Gasteiger partial charge in [0.2, 0.25) is 0 Å². The lowest BCUT2D eigenvalue weighted by Crippen LogP contribution is -2.12. The minimum atomic E-state index is -0.796. The van der Waals surface area contributed by atoms with Crippen LogP contribution in [0.4, 0.5) is 0 Å². The maximum Gasteiger partial charge on any atom is 0.185 e. The predicted octanol–water partition coefficient (Wildman–Crippen LogP) is 5.32. The first-order valence-electron chi connectivity index (χ1n) is 6.40. The molecule has 0 N–H and O–H groups in total. The highest BCUT2D eigenvalue weighted by Gasteiger charge is 2.24. The Morgan fingerprint density at radius 3 is 2.43 bits per heavy atom. The molecule has 0 fully saturated rings. The van der Waals surface area contributed by atoms with Crippen LogP contribution in [0.5, 0.6) is 0 Å². The summed E-state index contributed by atoms with van der Waals surface area (Å²) in [6.07, 6.45) is 0. The van der Waals surface area contributed by atoms with E-state index in [9.17, 15) is 10.1 Å². The van der Waals surface area contributed by atoms with Gasteiger partial charge < -0.3 is 0 Å². The molecule has 0 aromatic heterocycles. The number of benzene rings is 2. The van der Waals surface area contributed by atoms with Crippen molar-refractivity contribution in [2.75, 3.05) is 0 Å². The van der Waals surface area contributed by atoms with Crippen molar-refractivity contribution in [1.29, 1.82) is 5.26 Å². The summed E-state index contributed by atoms with van der Waals surface area (Å²) in [7, 11) is 0. The van der Waals surface area contributed by atoms with Crippen molar-refractivity contribution in [3.8, 4) is 6.07 Å². The van der Waals surface area contributed by atoms with E-state index in [4.69, 9.17) is 0 Å². The van der Waals surface area contributed by atoms with E-state index < -0.39 is 5.92 Å². The number of halogens is 2. The zero-order valence-corrected chi connectivity index (χ0v) is 14.8. The minimum Gasteiger partial charge on any atom is -0.292 e. The molecule has 106 valence electrons. The number of ketones is 1. The molecule has 0 saturated heterocycles. The number of Topliss-reactive ketones (excluding diaryl/α,β-unsaturated/α-hetero) is 1. The molecule has 21 heavy (non-hydrogen) atoms. The molecule has 0 amide bonds. The Labute approximate surface area is 141 Å². The van der Waals surface area contributed by atoms with Crippen molar-refractivity contribution < 1.29 is 4.79 Å². The van der Waals surface area contributed by atoms with Crippen LogP contribution in [0.2, 0.25) is 0 Å². The Morgan fingerprint density at radius 1 is 1.10 bits per heavy atom. The van der Waals surface area contributed by atoms with Crippen LogP contribution in [0.25, 0.3) is 0 Å². The Balaban J connectivity index is 2.46. The van der Waals surface area contributed by atoms with Gasteiger partial charge in [-0.1, -0.05) is 50.1 Å². The summed E-state index contributed by atoms with van der Waals surface area (Å²) in [5, 5.41) is 9.43. The smallest absolute Gasteiger partial charge is 0.185 e. The molecule has 0 aliphatic carbocycles. The Kier molecular flexibility index (Phi) is 4.97. The van der Waals surface area contributed by atoms with Gasteiger partial charge in [0.05, 0.1) is 6.07 Å². The normalized spacial score (nSPS) is 11.8. The van der Waals surface area contributed by atoms with E-state index in [0.717, 1.165) is 21.2 Å². The molecule has 2 aromatic carbocycles. The Hall–Kier alpha value is -1.44. The lowest BCUT2D eigenvalue weighted by molar-refractivity contribution is 0.0978. The number of aryl methyl sites for hydroxylation is 2. The number of nitriles is 1. The van der Waals surface area contributed by atoms with Crippen LogP contribution in [-0.2, 0) is 0 Å². The summed E-state index contributed by atoms with van der Waals surface area (Å²) in [5.74, 6) is -0.996. The summed E-state index contributed by atoms with van der Waals surface area (Å²) in [4.78, 5) is 12.7. The van der Waals surface area contributed by atoms with E-state index in [0.29, 0.717) is 10.0 Å².